The third kappa shape index (κ3) is 4.08. The summed E-state index contributed by atoms with van der Waals surface area (Å²) in [6, 6.07) is 8.47. The van der Waals surface area contributed by atoms with Gasteiger partial charge in [0, 0.05) is 16.5 Å². The molecule has 1 fully saturated rings. The van der Waals surface area contributed by atoms with Gasteiger partial charge in [0.1, 0.15) is 0 Å². The lowest BCUT2D eigenvalue weighted by atomic mass is 10.0. The molecule has 0 aromatic heterocycles. The van der Waals surface area contributed by atoms with E-state index in [2.05, 4.69) is 23.9 Å². The third-order valence-electron chi connectivity index (χ3n) is 4.12. The zero-order valence-corrected chi connectivity index (χ0v) is 13.4. The number of likely N-dealkylation sites (N-methyl/N-ethyl adjacent to an activating group) is 1. The normalized spacial score (nSPS) is 17.6. The molecule has 1 aliphatic heterocycles. The Kier molecular flexibility index (Phi) is 5.64. The summed E-state index contributed by atoms with van der Waals surface area (Å²) >= 11 is 1.70. The van der Waals surface area contributed by atoms with Gasteiger partial charge >= 0.3 is 0 Å². The Morgan fingerprint density at radius 3 is 2.45 bits per heavy atom. The first-order valence-electron chi connectivity index (χ1n) is 7.16. The molecule has 0 unspecified atom stereocenters. The summed E-state index contributed by atoms with van der Waals surface area (Å²) in [6.45, 7) is 2.78. The molecule has 0 N–H and O–H groups in total. The van der Waals surface area contributed by atoms with Gasteiger partial charge in [-0.15, -0.1) is 11.8 Å². The number of thioether (sulfide) groups is 1. The van der Waals surface area contributed by atoms with Crippen LogP contribution in [-0.4, -0.2) is 61.6 Å². The molecule has 0 bridgehead atoms. The molecule has 0 aliphatic carbocycles. The summed E-state index contributed by atoms with van der Waals surface area (Å²) in [7, 11) is 4.23. The number of Topliss-reactive ketones (excluding diaryl/α,β-unsaturated/α-hetero) is 1. The van der Waals surface area contributed by atoms with E-state index in [0.29, 0.717) is 12.6 Å². The Hall–Kier alpha value is -0.840. The Labute approximate surface area is 126 Å². The van der Waals surface area contributed by atoms with Crippen molar-refractivity contribution in [3.63, 3.8) is 0 Å². The van der Waals surface area contributed by atoms with Crippen molar-refractivity contribution in [2.24, 2.45) is 0 Å². The van der Waals surface area contributed by atoms with Gasteiger partial charge in [-0.05, 0) is 58.4 Å². The van der Waals surface area contributed by atoms with E-state index in [9.17, 15) is 4.79 Å². The summed E-state index contributed by atoms with van der Waals surface area (Å²) < 4.78 is 0. The SMILES string of the molecule is CSc1ccc(C(=O)CN(C)C2CCN(C)CC2)cc1. The van der Waals surface area contributed by atoms with Crippen molar-refractivity contribution in [2.45, 2.75) is 23.8 Å². The predicted molar refractivity (Wildman–Crippen MR) is 85.7 cm³/mol. The molecule has 1 aliphatic rings. The molecule has 2 rings (SSSR count). The maximum atomic E-state index is 12.3. The zero-order chi connectivity index (χ0) is 14.5. The van der Waals surface area contributed by atoms with Gasteiger partial charge in [0.25, 0.3) is 0 Å². The highest BCUT2D eigenvalue weighted by Crippen LogP contribution is 2.17. The Bertz CT molecular complexity index is 438. The highest BCUT2D eigenvalue weighted by molar-refractivity contribution is 7.98. The Balaban J connectivity index is 1.89. The van der Waals surface area contributed by atoms with Gasteiger partial charge in [-0.1, -0.05) is 12.1 Å². The van der Waals surface area contributed by atoms with Crippen LogP contribution in [0.25, 0.3) is 0 Å². The predicted octanol–water partition coefficient (Wildman–Crippen LogP) is 2.62. The first-order valence-corrected chi connectivity index (χ1v) is 8.38. The minimum absolute atomic E-state index is 0.221. The molecule has 3 nitrogen and oxygen atoms in total. The molecule has 1 saturated heterocycles. The molecule has 0 spiro atoms. The molecule has 1 heterocycles. The molecule has 1 aromatic rings. The average molecular weight is 292 g/mol. The molecule has 0 radical (unpaired) electrons. The second kappa shape index (κ2) is 7.25. The second-order valence-corrected chi connectivity index (χ2v) is 6.48. The maximum absolute atomic E-state index is 12.3. The number of carbonyl (C=O) groups excluding carboxylic acids is 1. The van der Waals surface area contributed by atoms with Gasteiger partial charge in [-0.2, -0.15) is 0 Å². The summed E-state index contributed by atoms with van der Waals surface area (Å²) in [5.74, 6) is 0.221. The highest BCUT2D eigenvalue weighted by Gasteiger charge is 2.22. The number of likely N-dealkylation sites (tertiary alicyclic amines) is 1. The van der Waals surface area contributed by atoms with Crippen LogP contribution in [0.4, 0.5) is 0 Å². The van der Waals surface area contributed by atoms with Gasteiger partial charge in [0.05, 0.1) is 6.54 Å². The largest absolute Gasteiger partial charge is 0.306 e. The topological polar surface area (TPSA) is 23.6 Å². The number of hydrogen-bond donors (Lipinski definition) is 0. The van der Waals surface area contributed by atoms with Gasteiger partial charge < -0.3 is 4.90 Å². The van der Waals surface area contributed by atoms with E-state index in [-0.39, 0.29) is 5.78 Å². The van der Waals surface area contributed by atoms with Crippen molar-refractivity contribution < 1.29 is 4.79 Å². The van der Waals surface area contributed by atoms with Crippen molar-refractivity contribution in [3.8, 4) is 0 Å². The molecule has 0 saturated carbocycles. The molecule has 20 heavy (non-hydrogen) atoms. The molecular formula is C16H24N2OS. The first-order chi connectivity index (χ1) is 9.60. The molecule has 0 amide bonds. The lowest BCUT2D eigenvalue weighted by Crippen LogP contribution is -2.43. The van der Waals surface area contributed by atoms with Gasteiger partial charge in [0.15, 0.2) is 5.78 Å². The molecular weight excluding hydrogens is 268 g/mol. The minimum Gasteiger partial charge on any atom is -0.306 e. The maximum Gasteiger partial charge on any atom is 0.176 e. The van der Waals surface area contributed by atoms with Gasteiger partial charge in [-0.25, -0.2) is 0 Å². The van der Waals surface area contributed by atoms with Crippen molar-refractivity contribution in [3.05, 3.63) is 29.8 Å². The van der Waals surface area contributed by atoms with Crippen LogP contribution in [0.5, 0.6) is 0 Å². The van der Waals surface area contributed by atoms with Crippen LogP contribution in [0, 0.1) is 0 Å². The van der Waals surface area contributed by atoms with Crippen molar-refractivity contribution >= 4 is 17.5 Å². The van der Waals surface area contributed by atoms with Crippen molar-refractivity contribution in [1.82, 2.24) is 9.80 Å². The van der Waals surface area contributed by atoms with Crippen LogP contribution in [-0.2, 0) is 0 Å². The van der Waals surface area contributed by atoms with E-state index in [1.54, 1.807) is 11.8 Å². The smallest absolute Gasteiger partial charge is 0.176 e. The number of benzene rings is 1. The van der Waals surface area contributed by atoms with Crippen molar-refractivity contribution in [1.29, 1.82) is 0 Å². The van der Waals surface area contributed by atoms with Crippen molar-refractivity contribution in [2.75, 3.05) is 40.0 Å². The van der Waals surface area contributed by atoms with Crippen LogP contribution in [0.2, 0.25) is 0 Å². The quantitative estimate of drug-likeness (QED) is 0.615. The number of ketones is 1. The van der Waals surface area contributed by atoms with E-state index in [1.165, 1.54) is 4.90 Å². The monoisotopic (exact) mass is 292 g/mol. The van der Waals surface area contributed by atoms with Crippen LogP contribution in [0.3, 0.4) is 0 Å². The molecule has 4 heteroatoms. The van der Waals surface area contributed by atoms with Gasteiger partial charge in [-0.3, -0.25) is 9.69 Å². The summed E-state index contributed by atoms with van der Waals surface area (Å²) in [4.78, 5) is 18.1. The third-order valence-corrected chi connectivity index (χ3v) is 4.86. The van der Waals surface area contributed by atoms with Crippen LogP contribution in [0.15, 0.2) is 29.2 Å². The standard InChI is InChI=1S/C16H24N2OS/c1-17-10-8-14(9-11-17)18(2)12-16(19)13-4-6-15(20-3)7-5-13/h4-7,14H,8-12H2,1-3H3. The van der Waals surface area contributed by atoms with E-state index in [4.69, 9.17) is 0 Å². The summed E-state index contributed by atoms with van der Waals surface area (Å²) in [5.41, 5.74) is 0.822. The lowest BCUT2D eigenvalue weighted by molar-refractivity contribution is 0.0871. The van der Waals surface area contributed by atoms with E-state index in [1.807, 2.05) is 30.5 Å². The Morgan fingerprint density at radius 2 is 1.90 bits per heavy atom. The first kappa shape index (κ1) is 15.5. The van der Waals surface area contributed by atoms with E-state index >= 15 is 0 Å². The minimum atomic E-state index is 0.221. The number of carbonyl (C=O) groups is 1. The Morgan fingerprint density at radius 1 is 1.30 bits per heavy atom. The average Bonchev–Trinajstić information content (AvgIpc) is 2.48. The fraction of sp³-hybridized carbons (Fsp3) is 0.562. The molecule has 1 aromatic carbocycles. The fourth-order valence-corrected chi connectivity index (χ4v) is 3.07. The van der Waals surface area contributed by atoms with Gasteiger partial charge in [0.2, 0.25) is 0 Å². The summed E-state index contributed by atoms with van der Waals surface area (Å²) in [6.07, 6.45) is 4.36. The second-order valence-electron chi connectivity index (χ2n) is 5.60. The van der Waals surface area contributed by atoms with E-state index in [0.717, 1.165) is 31.5 Å². The van der Waals surface area contributed by atoms with Crippen LogP contribution >= 0.6 is 11.8 Å². The highest BCUT2D eigenvalue weighted by atomic mass is 32.2. The molecule has 110 valence electrons. The van der Waals surface area contributed by atoms with Crippen LogP contribution in [0.1, 0.15) is 23.2 Å². The fourth-order valence-electron chi connectivity index (χ4n) is 2.66. The van der Waals surface area contributed by atoms with E-state index < -0.39 is 0 Å². The van der Waals surface area contributed by atoms with Crippen LogP contribution < -0.4 is 0 Å². The number of nitrogens with zero attached hydrogens (tertiary/aromatic N) is 2. The number of hydrogen-bond acceptors (Lipinski definition) is 4. The molecule has 0 atom stereocenters. The number of rotatable bonds is 5. The number of piperidine rings is 1. The lowest BCUT2D eigenvalue weighted by Gasteiger charge is -2.34. The zero-order valence-electron chi connectivity index (χ0n) is 12.6. The summed E-state index contributed by atoms with van der Waals surface area (Å²) in [5, 5.41) is 0.